The van der Waals surface area contributed by atoms with Gasteiger partial charge in [-0.1, -0.05) is 0 Å². The van der Waals surface area contributed by atoms with Crippen molar-refractivity contribution in [3.05, 3.63) is 21.9 Å². The summed E-state index contributed by atoms with van der Waals surface area (Å²) in [6, 6.07) is 0. The molecule has 1 heterocycles. The van der Waals surface area contributed by atoms with Gasteiger partial charge in [0, 0.05) is 5.38 Å². The Bertz CT molecular complexity index is 257. The van der Waals surface area contributed by atoms with E-state index in [4.69, 9.17) is 0 Å². The van der Waals surface area contributed by atoms with Crippen LogP contribution in [0.15, 0.2) is 10.8 Å². The topological polar surface area (TPSA) is 38.3 Å². The van der Waals surface area contributed by atoms with Crippen molar-refractivity contribution in [2.45, 2.75) is 6.92 Å². The predicted molar refractivity (Wildman–Crippen MR) is 43.5 cm³/mol. The van der Waals surface area contributed by atoms with Crippen molar-refractivity contribution in [2.24, 2.45) is 0 Å². The van der Waals surface area contributed by atoms with Gasteiger partial charge < -0.3 is 0 Å². The molecule has 0 fully saturated rings. The zero-order valence-corrected chi connectivity index (χ0v) is 7.20. The lowest BCUT2D eigenvalue weighted by Crippen LogP contribution is -2.21. The molecule has 11 heavy (non-hydrogen) atoms. The Balaban J connectivity index is 2.76. The molecule has 0 bridgehead atoms. The van der Waals surface area contributed by atoms with Gasteiger partial charge in [-0.15, -0.1) is 0 Å². The van der Waals surface area contributed by atoms with Crippen molar-refractivity contribution in [3.8, 4) is 0 Å². The second-order valence-electron chi connectivity index (χ2n) is 2.10. The maximum atomic E-state index is 11.1. The number of carbonyl (C=O) groups is 1. The zero-order valence-electron chi connectivity index (χ0n) is 6.38. The highest BCUT2D eigenvalue weighted by atomic mass is 32.1. The van der Waals surface area contributed by atoms with Gasteiger partial charge in [-0.05, 0) is 17.9 Å². The Hall–Kier alpha value is -0.870. The van der Waals surface area contributed by atoms with E-state index in [2.05, 4.69) is 10.3 Å². The third-order valence-electron chi connectivity index (χ3n) is 1.29. The molecule has 0 unspecified atom stereocenters. The monoisotopic (exact) mass is 171 g/mol. The first-order valence-corrected chi connectivity index (χ1v) is 4.06. The first kappa shape index (κ1) is 8.23. The summed E-state index contributed by atoms with van der Waals surface area (Å²) in [6.45, 7) is 1.89. The summed E-state index contributed by atoms with van der Waals surface area (Å²) < 4.78 is 0. The first-order chi connectivity index (χ1) is 5.25. The summed E-state index contributed by atoms with van der Waals surface area (Å²) in [4.78, 5) is 15.6. The van der Waals surface area contributed by atoms with Crippen molar-refractivity contribution < 1.29 is 9.63 Å². The number of thiophene rings is 1. The Morgan fingerprint density at radius 1 is 1.64 bits per heavy atom. The second-order valence-corrected chi connectivity index (χ2v) is 2.85. The van der Waals surface area contributed by atoms with E-state index in [1.54, 1.807) is 5.38 Å². The fraction of sp³-hybridized carbons (Fsp3) is 0.286. The molecular weight excluding hydrogens is 162 g/mol. The van der Waals surface area contributed by atoms with Gasteiger partial charge in [0.05, 0.1) is 12.7 Å². The van der Waals surface area contributed by atoms with E-state index >= 15 is 0 Å². The molecule has 4 heteroatoms. The maximum absolute atomic E-state index is 11.1. The molecule has 1 amide bonds. The molecule has 0 atom stereocenters. The third kappa shape index (κ3) is 1.78. The fourth-order valence-electron chi connectivity index (χ4n) is 0.741. The van der Waals surface area contributed by atoms with E-state index in [1.807, 2.05) is 12.3 Å². The minimum Gasteiger partial charge on any atom is -0.277 e. The molecular formula is C7H9NO2S. The Morgan fingerprint density at radius 3 is 2.82 bits per heavy atom. The minimum atomic E-state index is -0.189. The van der Waals surface area contributed by atoms with Crippen LogP contribution in [-0.2, 0) is 4.84 Å². The fourth-order valence-corrected chi connectivity index (χ4v) is 1.57. The average molecular weight is 171 g/mol. The molecule has 3 nitrogen and oxygen atoms in total. The van der Waals surface area contributed by atoms with Gasteiger partial charge in [-0.3, -0.25) is 9.63 Å². The number of aryl methyl sites for hydroxylation is 1. The first-order valence-electron chi connectivity index (χ1n) is 3.12. The quantitative estimate of drug-likeness (QED) is 0.682. The van der Waals surface area contributed by atoms with E-state index < -0.39 is 0 Å². The van der Waals surface area contributed by atoms with Crippen LogP contribution in [0, 0.1) is 6.92 Å². The minimum absolute atomic E-state index is 0.189. The van der Waals surface area contributed by atoms with Crippen molar-refractivity contribution in [3.63, 3.8) is 0 Å². The van der Waals surface area contributed by atoms with Crippen LogP contribution in [0.5, 0.6) is 0 Å². The molecule has 0 spiro atoms. The smallest absolute Gasteiger partial charge is 0.275 e. The lowest BCUT2D eigenvalue weighted by molar-refractivity contribution is 0.0537. The summed E-state index contributed by atoms with van der Waals surface area (Å²) in [5.74, 6) is -0.189. The Labute approximate surface area is 68.9 Å². The summed E-state index contributed by atoms with van der Waals surface area (Å²) in [6.07, 6.45) is 0. The van der Waals surface area contributed by atoms with Gasteiger partial charge in [0.25, 0.3) is 5.91 Å². The average Bonchev–Trinajstić information content (AvgIpc) is 2.36. The molecule has 1 rings (SSSR count). The standard InChI is InChI=1S/C7H9NO2S/c1-5-3-11-4-6(5)7(9)8-10-2/h3-4H,1-2H3,(H,8,9). The van der Waals surface area contributed by atoms with Crippen LogP contribution in [0.3, 0.4) is 0 Å². The van der Waals surface area contributed by atoms with Gasteiger partial charge in [0.1, 0.15) is 0 Å². The lowest BCUT2D eigenvalue weighted by atomic mass is 10.2. The highest BCUT2D eigenvalue weighted by Gasteiger charge is 2.07. The van der Waals surface area contributed by atoms with Crippen LogP contribution in [0.2, 0.25) is 0 Å². The van der Waals surface area contributed by atoms with E-state index in [0.717, 1.165) is 5.56 Å². The number of hydrogen-bond acceptors (Lipinski definition) is 3. The Kier molecular flexibility index (Phi) is 2.62. The van der Waals surface area contributed by atoms with E-state index in [0.29, 0.717) is 5.56 Å². The van der Waals surface area contributed by atoms with Crippen LogP contribution in [-0.4, -0.2) is 13.0 Å². The number of hydrogen-bond donors (Lipinski definition) is 1. The molecule has 1 aromatic heterocycles. The molecule has 0 radical (unpaired) electrons. The Morgan fingerprint density at radius 2 is 2.36 bits per heavy atom. The predicted octanol–water partition coefficient (Wildman–Crippen LogP) is 1.35. The number of amides is 1. The SMILES string of the molecule is CONC(=O)c1cscc1C. The summed E-state index contributed by atoms with van der Waals surface area (Å²) in [7, 11) is 1.42. The number of rotatable bonds is 2. The normalized spacial score (nSPS) is 9.64. The summed E-state index contributed by atoms with van der Waals surface area (Å²) >= 11 is 1.50. The second kappa shape index (κ2) is 3.50. The van der Waals surface area contributed by atoms with Gasteiger partial charge in [0.2, 0.25) is 0 Å². The van der Waals surface area contributed by atoms with Crippen LogP contribution in [0.4, 0.5) is 0 Å². The van der Waals surface area contributed by atoms with Gasteiger partial charge in [-0.25, -0.2) is 5.48 Å². The van der Waals surface area contributed by atoms with Crippen molar-refractivity contribution in [2.75, 3.05) is 7.11 Å². The van der Waals surface area contributed by atoms with Gasteiger partial charge in [-0.2, -0.15) is 11.3 Å². The number of hydroxylamine groups is 1. The van der Waals surface area contributed by atoms with Gasteiger partial charge in [0.15, 0.2) is 0 Å². The zero-order chi connectivity index (χ0) is 8.27. The number of nitrogens with one attached hydrogen (secondary N) is 1. The largest absolute Gasteiger partial charge is 0.277 e. The van der Waals surface area contributed by atoms with Crippen molar-refractivity contribution >= 4 is 17.2 Å². The highest BCUT2D eigenvalue weighted by molar-refractivity contribution is 7.08. The molecule has 1 N–H and O–H groups in total. The molecule has 0 aliphatic heterocycles. The van der Waals surface area contributed by atoms with Crippen LogP contribution in [0.1, 0.15) is 15.9 Å². The number of carbonyl (C=O) groups excluding carboxylic acids is 1. The third-order valence-corrected chi connectivity index (χ3v) is 2.16. The molecule has 0 saturated carbocycles. The van der Waals surface area contributed by atoms with E-state index in [1.165, 1.54) is 18.4 Å². The van der Waals surface area contributed by atoms with Crippen molar-refractivity contribution in [1.29, 1.82) is 0 Å². The summed E-state index contributed by atoms with van der Waals surface area (Å²) in [5, 5.41) is 3.72. The lowest BCUT2D eigenvalue weighted by Gasteiger charge is -1.99. The molecule has 60 valence electrons. The van der Waals surface area contributed by atoms with Crippen LogP contribution in [0.25, 0.3) is 0 Å². The molecule has 0 saturated heterocycles. The van der Waals surface area contributed by atoms with Gasteiger partial charge >= 0.3 is 0 Å². The maximum Gasteiger partial charge on any atom is 0.275 e. The van der Waals surface area contributed by atoms with E-state index in [-0.39, 0.29) is 5.91 Å². The molecule has 1 aromatic rings. The highest BCUT2D eigenvalue weighted by Crippen LogP contribution is 2.12. The molecule has 0 aromatic carbocycles. The van der Waals surface area contributed by atoms with Crippen LogP contribution >= 0.6 is 11.3 Å². The molecule has 0 aliphatic rings. The summed E-state index contributed by atoms with van der Waals surface area (Å²) in [5.41, 5.74) is 3.91. The molecule has 0 aliphatic carbocycles. The van der Waals surface area contributed by atoms with Crippen LogP contribution < -0.4 is 5.48 Å². The van der Waals surface area contributed by atoms with E-state index in [9.17, 15) is 4.79 Å². The van der Waals surface area contributed by atoms with Crippen molar-refractivity contribution in [1.82, 2.24) is 5.48 Å².